The summed E-state index contributed by atoms with van der Waals surface area (Å²) in [5, 5.41) is 15.8. The molecule has 0 bridgehead atoms. The van der Waals surface area contributed by atoms with Gasteiger partial charge >= 0.3 is 6.03 Å². The second-order valence-electron chi connectivity index (χ2n) is 6.52. The van der Waals surface area contributed by atoms with Gasteiger partial charge in [0.15, 0.2) is 0 Å². The van der Waals surface area contributed by atoms with Crippen molar-refractivity contribution in [3.05, 3.63) is 35.4 Å². The fraction of sp³-hybridized carbons (Fsp3) is 0.632. The fourth-order valence-electron chi connectivity index (χ4n) is 3.25. The van der Waals surface area contributed by atoms with Gasteiger partial charge in [0, 0.05) is 13.1 Å². The van der Waals surface area contributed by atoms with Crippen LogP contribution in [-0.4, -0.2) is 41.3 Å². The van der Waals surface area contributed by atoms with Gasteiger partial charge in [-0.25, -0.2) is 4.79 Å². The van der Waals surface area contributed by atoms with Crippen LogP contribution in [-0.2, 0) is 13.1 Å². The minimum atomic E-state index is -0.417. The number of benzene rings is 1. The van der Waals surface area contributed by atoms with Gasteiger partial charge in [-0.3, -0.25) is 4.90 Å². The minimum absolute atomic E-state index is 0.121. The van der Waals surface area contributed by atoms with E-state index in [1.807, 2.05) is 12.1 Å². The Morgan fingerprint density at radius 3 is 2.50 bits per heavy atom. The molecule has 2 rings (SSSR count). The molecule has 2 unspecified atom stereocenters. The lowest BCUT2D eigenvalue weighted by atomic mass is 9.93. The molecular weight excluding hydrogens is 302 g/mol. The first kappa shape index (κ1) is 18.7. The molecule has 0 saturated heterocycles. The molecule has 1 aromatic carbocycles. The van der Waals surface area contributed by atoms with E-state index in [0.29, 0.717) is 6.54 Å². The number of aliphatic hydroxyl groups is 1. The van der Waals surface area contributed by atoms with Crippen molar-refractivity contribution in [2.75, 3.05) is 13.1 Å². The average molecular weight is 333 g/mol. The molecule has 2 atom stereocenters. The van der Waals surface area contributed by atoms with Gasteiger partial charge in [-0.15, -0.1) is 0 Å². The summed E-state index contributed by atoms with van der Waals surface area (Å²) in [6, 6.07) is 7.92. The van der Waals surface area contributed by atoms with E-state index in [-0.39, 0.29) is 12.1 Å². The van der Waals surface area contributed by atoms with Gasteiger partial charge in [0.2, 0.25) is 0 Å². The van der Waals surface area contributed by atoms with Crippen LogP contribution in [0.25, 0.3) is 0 Å². The van der Waals surface area contributed by atoms with Gasteiger partial charge in [-0.2, -0.15) is 0 Å². The smallest absolute Gasteiger partial charge is 0.315 e. The predicted octanol–water partition coefficient (Wildman–Crippen LogP) is 2.63. The Morgan fingerprint density at radius 2 is 1.83 bits per heavy atom. The number of urea groups is 1. The van der Waals surface area contributed by atoms with Crippen molar-refractivity contribution < 1.29 is 9.90 Å². The normalized spacial score (nSPS) is 20.8. The van der Waals surface area contributed by atoms with Crippen LogP contribution in [0.15, 0.2) is 24.3 Å². The summed E-state index contributed by atoms with van der Waals surface area (Å²) in [5.74, 6) is 0. The highest BCUT2D eigenvalue weighted by Gasteiger charge is 2.24. The molecule has 1 aliphatic carbocycles. The lowest BCUT2D eigenvalue weighted by Gasteiger charge is -2.28. The Kier molecular flexibility index (Phi) is 7.53. The van der Waals surface area contributed by atoms with E-state index < -0.39 is 6.10 Å². The summed E-state index contributed by atoms with van der Waals surface area (Å²) in [4.78, 5) is 14.5. The lowest BCUT2D eigenvalue weighted by molar-refractivity contribution is 0.0943. The molecule has 0 heterocycles. The molecule has 1 fully saturated rings. The van der Waals surface area contributed by atoms with E-state index in [1.165, 1.54) is 5.56 Å². The third kappa shape index (κ3) is 5.49. The quantitative estimate of drug-likeness (QED) is 0.719. The van der Waals surface area contributed by atoms with Crippen molar-refractivity contribution in [3.8, 4) is 0 Å². The Hall–Kier alpha value is -1.59. The van der Waals surface area contributed by atoms with Crippen LogP contribution in [0.1, 0.15) is 50.7 Å². The van der Waals surface area contributed by atoms with E-state index in [0.717, 1.165) is 50.9 Å². The Bertz CT molecular complexity index is 517. The van der Waals surface area contributed by atoms with Crippen LogP contribution in [0.5, 0.6) is 0 Å². The topological polar surface area (TPSA) is 64.6 Å². The molecule has 134 valence electrons. The molecule has 5 nitrogen and oxygen atoms in total. The van der Waals surface area contributed by atoms with E-state index in [9.17, 15) is 9.90 Å². The first-order chi connectivity index (χ1) is 11.6. The van der Waals surface area contributed by atoms with Crippen molar-refractivity contribution in [2.24, 2.45) is 0 Å². The number of carbonyl (C=O) groups is 1. The highest BCUT2D eigenvalue weighted by molar-refractivity contribution is 5.74. The molecule has 1 aromatic rings. The first-order valence-electron chi connectivity index (χ1n) is 9.15. The average Bonchev–Trinajstić information content (AvgIpc) is 2.60. The van der Waals surface area contributed by atoms with Crippen LogP contribution < -0.4 is 10.6 Å². The van der Waals surface area contributed by atoms with Gasteiger partial charge < -0.3 is 15.7 Å². The summed E-state index contributed by atoms with van der Waals surface area (Å²) in [6.07, 6.45) is 3.32. The zero-order valence-electron chi connectivity index (χ0n) is 14.9. The molecule has 1 aliphatic rings. The third-order valence-electron chi connectivity index (χ3n) is 4.89. The van der Waals surface area contributed by atoms with Crippen LogP contribution in [0.2, 0.25) is 0 Å². The fourth-order valence-corrected chi connectivity index (χ4v) is 3.25. The number of nitrogens with one attached hydrogen (secondary N) is 2. The molecule has 3 N–H and O–H groups in total. The van der Waals surface area contributed by atoms with Crippen LogP contribution in [0.4, 0.5) is 4.79 Å². The molecule has 5 heteroatoms. The maximum atomic E-state index is 12.1. The van der Waals surface area contributed by atoms with Gasteiger partial charge in [-0.05, 0) is 37.1 Å². The van der Waals surface area contributed by atoms with Crippen molar-refractivity contribution in [1.82, 2.24) is 15.5 Å². The Morgan fingerprint density at radius 1 is 1.17 bits per heavy atom. The van der Waals surface area contributed by atoms with Crippen LogP contribution in [0.3, 0.4) is 0 Å². The Labute approximate surface area is 145 Å². The molecule has 0 spiro atoms. The molecule has 1 saturated carbocycles. The standard InChI is InChI=1S/C19H31N3O2/c1-3-22(4-2)14-16-10-6-5-9-15(16)13-20-19(24)21-17-11-7-8-12-18(17)23/h5-6,9-10,17-18,23H,3-4,7-8,11-14H2,1-2H3,(H2,20,21,24). The van der Waals surface area contributed by atoms with Gasteiger partial charge in [0.1, 0.15) is 0 Å². The second kappa shape index (κ2) is 9.64. The van der Waals surface area contributed by atoms with Crippen LogP contribution >= 0.6 is 0 Å². The Balaban J connectivity index is 1.88. The summed E-state index contributed by atoms with van der Waals surface area (Å²) in [7, 11) is 0. The maximum absolute atomic E-state index is 12.1. The molecule has 24 heavy (non-hydrogen) atoms. The number of hydrogen-bond donors (Lipinski definition) is 3. The lowest BCUT2D eigenvalue weighted by Crippen LogP contribution is -2.48. The van der Waals surface area contributed by atoms with E-state index >= 15 is 0 Å². The summed E-state index contributed by atoms with van der Waals surface area (Å²) >= 11 is 0. The number of amides is 2. The van der Waals surface area contributed by atoms with Crippen molar-refractivity contribution in [3.63, 3.8) is 0 Å². The van der Waals surface area contributed by atoms with Gasteiger partial charge in [-0.1, -0.05) is 51.0 Å². The third-order valence-corrected chi connectivity index (χ3v) is 4.89. The molecular formula is C19H31N3O2. The van der Waals surface area contributed by atoms with Crippen molar-refractivity contribution in [1.29, 1.82) is 0 Å². The largest absolute Gasteiger partial charge is 0.391 e. The van der Waals surface area contributed by atoms with Crippen molar-refractivity contribution >= 4 is 6.03 Å². The molecule has 0 aliphatic heterocycles. The highest BCUT2D eigenvalue weighted by atomic mass is 16.3. The monoisotopic (exact) mass is 333 g/mol. The van der Waals surface area contributed by atoms with E-state index in [4.69, 9.17) is 0 Å². The number of rotatable bonds is 7. The maximum Gasteiger partial charge on any atom is 0.315 e. The van der Waals surface area contributed by atoms with E-state index in [1.54, 1.807) is 0 Å². The zero-order valence-corrected chi connectivity index (χ0v) is 14.9. The zero-order chi connectivity index (χ0) is 17.4. The first-order valence-corrected chi connectivity index (χ1v) is 9.15. The molecule has 0 aromatic heterocycles. The summed E-state index contributed by atoms with van der Waals surface area (Å²) < 4.78 is 0. The SMILES string of the molecule is CCN(CC)Cc1ccccc1CNC(=O)NC1CCCCC1O. The number of nitrogens with zero attached hydrogens (tertiary/aromatic N) is 1. The van der Waals surface area contributed by atoms with Crippen molar-refractivity contribution in [2.45, 2.75) is 64.8 Å². The highest BCUT2D eigenvalue weighted by Crippen LogP contribution is 2.18. The van der Waals surface area contributed by atoms with Crippen LogP contribution in [0, 0.1) is 0 Å². The number of hydrogen-bond acceptors (Lipinski definition) is 3. The minimum Gasteiger partial charge on any atom is -0.391 e. The van der Waals surface area contributed by atoms with Gasteiger partial charge in [0.25, 0.3) is 0 Å². The number of aliphatic hydroxyl groups excluding tert-OH is 1. The van der Waals surface area contributed by atoms with Gasteiger partial charge in [0.05, 0.1) is 12.1 Å². The van der Waals surface area contributed by atoms with E-state index in [2.05, 4.69) is 41.5 Å². The predicted molar refractivity (Wildman–Crippen MR) is 96.7 cm³/mol. The molecule has 0 radical (unpaired) electrons. The summed E-state index contributed by atoms with van der Waals surface area (Å²) in [5.41, 5.74) is 2.39. The summed E-state index contributed by atoms with van der Waals surface area (Å²) in [6.45, 7) is 7.75. The molecule has 2 amide bonds. The second-order valence-corrected chi connectivity index (χ2v) is 6.52. The number of carbonyl (C=O) groups excluding carboxylic acids is 1.